The molecule has 1 N–H and O–H groups in total. The van der Waals surface area contributed by atoms with Crippen LogP contribution in [-0.4, -0.2) is 61.2 Å². The number of benzene rings is 2. The highest BCUT2D eigenvalue weighted by Gasteiger charge is 2.29. The summed E-state index contributed by atoms with van der Waals surface area (Å²) in [6, 6.07) is 10.6. The van der Waals surface area contributed by atoms with E-state index in [0.717, 1.165) is 72.9 Å². The van der Waals surface area contributed by atoms with Gasteiger partial charge in [-0.1, -0.05) is 18.9 Å². The fourth-order valence-electron chi connectivity index (χ4n) is 5.87. The van der Waals surface area contributed by atoms with Gasteiger partial charge >= 0.3 is 0 Å². The van der Waals surface area contributed by atoms with E-state index in [9.17, 15) is 9.18 Å². The van der Waals surface area contributed by atoms with E-state index in [2.05, 4.69) is 19.5 Å². The number of rotatable bonds is 7. The lowest BCUT2D eigenvalue weighted by molar-refractivity contribution is -0.116. The number of piperazine rings is 1. The average Bonchev–Trinajstić information content (AvgIpc) is 3.58. The zero-order valence-electron chi connectivity index (χ0n) is 21.4. The molecule has 2 fully saturated rings. The fraction of sp³-hybridized carbons (Fsp3) is 0.448. The van der Waals surface area contributed by atoms with Crippen LogP contribution in [0.4, 0.5) is 10.2 Å². The number of nitrogens with one attached hydrogen (secondary N) is 1. The molecule has 9 heteroatoms. The van der Waals surface area contributed by atoms with Crippen molar-refractivity contribution in [1.82, 2.24) is 14.6 Å². The summed E-state index contributed by atoms with van der Waals surface area (Å²) in [5.41, 5.74) is 0.914. The van der Waals surface area contributed by atoms with Crippen LogP contribution in [0.1, 0.15) is 31.2 Å². The van der Waals surface area contributed by atoms with Crippen LogP contribution >= 0.6 is 11.5 Å². The maximum Gasteiger partial charge on any atom is 0.244 e. The van der Waals surface area contributed by atoms with Gasteiger partial charge < -0.3 is 19.7 Å². The van der Waals surface area contributed by atoms with Crippen molar-refractivity contribution in [2.75, 3.05) is 51.0 Å². The molecule has 0 bridgehead atoms. The van der Waals surface area contributed by atoms with E-state index in [1.165, 1.54) is 36.9 Å². The third-order valence-electron chi connectivity index (χ3n) is 8.01. The molecule has 0 spiro atoms. The topological polar surface area (TPSA) is 66.9 Å². The van der Waals surface area contributed by atoms with Gasteiger partial charge in [0.15, 0.2) is 11.5 Å². The Balaban J connectivity index is 0.991. The third kappa shape index (κ3) is 5.63. The highest BCUT2D eigenvalue weighted by molar-refractivity contribution is 7.13. The minimum absolute atomic E-state index is 0.0593. The summed E-state index contributed by atoms with van der Waals surface area (Å²) in [5.74, 6) is 3.26. The van der Waals surface area contributed by atoms with Crippen LogP contribution in [0.2, 0.25) is 0 Å². The number of hydrogen-bond acceptors (Lipinski definition) is 7. The first kappa shape index (κ1) is 25.1. The number of carbonyl (C=O) groups is 1. The lowest BCUT2D eigenvalue weighted by Gasteiger charge is -2.40. The summed E-state index contributed by atoms with van der Waals surface area (Å²) < 4.78 is 29.9. The number of hydrogen-bond donors (Lipinski definition) is 1. The maximum absolute atomic E-state index is 13.6. The van der Waals surface area contributed by atoms with Gasteiger partial charge in [-0.05, 0) is 78.2 Å². The molecule has 0 radical (unpaired) electrons. The molecule has 2 aromatic carbocycles. The minimum Gasteiger partial charge on any atom is -0.454 e. The van der Waals surface area contributed by atoms with Gasteiger partial charge in [0.25, 0.3) is 0 Å². The molecule has 38 heavy (non-hydrogen) atoms. The van der Waals surface area contributed by atoms with Crippen LogP contribution in [0.25, 0.3) is 16.2 Å². The fourth-order valence-corrected chi connectivity index (χ4v) is 6.69. The van der Waals surface area contributed by atoms with Crippen molar-refractivity contribution in [2.45, 2.75) is 25.7 Å². The zero-order valence-corrected chi connectivity index (χ0v) is 22.2. The Labute approximate surface area is 226 Å². The second-order valence-electron chi connectivity index (χ2n) is 10.4. The van der Waals surface area contributed by atoms with E-state index in [0.29, 0.717) is 17.6 Å². The molecular weight excluding hydrogens is 503 g/mol. The van der Waals surface area contributed by atoms with Crippen molar-refractivity contribution in [1.29, 1.82) is 0 Å². The summed E-state index contributed by atoms with van der Waals surface area (Å²) in [7, 11) is 0. The first-order valence-electron chi connectivity index (χ1n) is 13.5. The predicted molar refractivity (Wildman–Crippen MR) is 148 cm³/mol. The van der Waals surface area contributed by atoms with Crippen LogP contribution in [0, 0.1) is 17.7 Å². The monoisotopic (exact) mass is 536 g/mol. The number of anilines is 1. The highest BCUT2D eigenvalue weighted by atomic mass is 32.1. The van der Waals surface area contributed by atoms with Crippen LogP contribution in [0.15, 0.2) is 42.5 Å². The van der Waals surface area contributed by atoms with E-state index in [1.54, 1.807) is 12.1 Å². The Kier molecular flexibility index (Phi) is 7.47. The van der Waals surface area contributed by atoms with Gasteiger partial charge in [0.05, 0.1) is 4.70 Å². The Bertz CT molecular complexity index is 1320. The zero-order chi connectivity index (χ0) is 25.9. The Morgan fingerprint density at radius 2 is 1.87 bits per heavy atom. The van der Waals surface area contributed by atoms with Gasteiger partial charge in [0, 0.05) is 50.7 Å². The minimum atomic E-state index is -0.212. The molecule has 3 aromatic rings. The molecule has 3 aliphatic rings. The third-order valence-corrected chi connectivity index (χ3v) is 8.81. The van der Waals surface area contributed by atoms with Crippen molar-refractivity contribution >= 4 is 39.4 Å². The number of fused-ring (bicyclic) bond motifs is 2. The molecule has 1 aliphatic carbocycles. The Hall–Kier alpha value is -3.17. The summed E-state index contributed by atoms with van der Waals surface area (Å²) in [6.07, 6.45) is 8.30. The summed E-state index contributed by atoms with van der Waals surface area (Å²) in [5, 5.41) is 4.19. The van der Waals surface area contributed by atoms with E-state index in [4.69, 9.17) is 9.47 Å². The van der Waals surface area contributed by atoms with Crippen molar-refractivity contribution in [3.63, 3.8) is 0 Å². The second-order valence-corrected chi connectivity index (χ2v) is 11.2. The summed E-state index contributed by atoms with van der Waals surface area (Å²) in [4.78, 5) is 17.5. The molecule has 0 unspecified atom stereocenters. The molecule has 1 aromatic heterocycles. The van der Waals surface area contributed by atoms with Crippen LogP contribution in [-0.2, 0) is 4.79 Å². The Morgan fingerprint density at radius 3 is 2.74 bits per heavy atom. The van der Waals surface area contributed by atoms with Gasteiger partial charge in [-0.25, -0.2) is 4.39 Å². The summed E-state index contributed by atoms with van der Waals surface area (Å²) >= 11 is 1.37. The van der Waals surface area contributed by atoms with Crippen LogP contribution in [0.3, 0.4) is 0 Å². The largest absolute Gasteiger partial charge is 0.454 e. The van der Waals surface area contributed by atoms with Crippen molar-refractivity contribution in [2.24, 2.45) is 11.8 Å². The van der Waals surface area contributed by atoms with Gasteiger partial charge in [-0.3, -0.25) is 9.69 Å². The van der Waals surface area contributed by atoms with Gasteiger partial charge in [-0.2, -0.15) is 4.37 Å². The van der Waals surface area contributed by atoms with Crippen LogP contribution < -0.4 is 19.7 Å². The standard InChI is InChI=1S/C29H33FN4O3S/c30-23-7-8-24-27(16-23)38-32-29(24)34-13-11-33(12-14-34)18-22-4-2-1-3-21(22)17-31-28(35)10-6-20-5-9-25-26(15-20)37-19-36-25/h5-10,15-16,21-22H,1-4,11-14,17-19H2,(H,31,35)/t21-,22-/m0/s1. The lowest BCUT2D eigenvalue weighted by Crippen LogP contribution is -2.49. The van der Waals surface area contributed by atoms with E-state index in [1.807, 2.05) is 30.3 Å². The molecule has 7 nitrogen and oxygen atoms in total. The smallest absolute Gasteiger partial charge is 0.244 e. The number of halogens is 1. The first-order chi connectivity index (χ1) is 18.6. The molecule has 200 valence electrons. The number of aromatic nitrogens is 1. The van der Waals surface area contributed by atoms with E-state index >= 15 is 0 Å². The Morgan fingerprint density at radius 1 is 1.05 bits per heavy atom. The molecule has 3 heterocycles. The molecular formula is C29H33FN4O3S. The lowest BCUT2D eigenvalue weighted by atomic mass is 9.78. The SMILES string of the molecule is O=C(C=Cc1ccc2c(c1)OCO2)NC[C@@H]1CCCC[C@H]1CN1CCN(c2nsc3cc(F)ccc23)CC1. The normalized spacial score (nSPS) is 21.9. The molecule has 2 atom stereocenters. The van der Waals surface area contributed by atoms with Crippen molar-refractivity contribution in [3.05, 3.63) is 53.9 Å². The van der Waals surface area contributed by atoms with Crippen molar-refractivity contribution in [3.8, 4) is 11.5 Å². The molecule has 2 aliphatic heterocycles. The highest BCUT2D eigenvalue weighted by Crippen LogP contribution is 2.34. The van der Waals surface area contributed by atoms with Gasteiger partial charge in [-0.15, -0.1) is 0 Å². The van der Waals surface area contributed by atoms with Crippen molar-refractivity contribution < 1.29 is 18.7 Å². The van der Waals surface area contributed by atoms with E-state index < -0.39 is 0 Å². The quantitative estimate of drug-likeness (QED) is 0.433. The average molecular weight is 537 g/mol. The molecule has 1 amide bonds. The first-order valence-corrected chi connectivity index (χ1v) is 14.3. The molecule has 1 saturated heterocycles. The number of ether oxygens (including phenoxy) is 2. The van der Waals surface area contributed by atoms with Gasteiger partial charge in [0.1, 0.15) is 11.6 Å². The van der Waals surface area contributed by atoms with Gasteiger partial charge in [0.2, 0.25) is 12.7 Å². The second kappa shape index (κ2) is 11.3. The molecule has 1 saturated carbocycles. The number of carbonyl (C=O) groups excluding carboxylic acids is 1. The number of nitrogens with zero attached hydrogens (tertiary/aromatic N) is 3. The summed E-state index contributed by atoms with van der Waals surface area (Å²) in [6.45, 7) is 5.87. The molecule has 6 rings (SSSR count). The maximum atomic E-state index is 13.6. The predicted octanol–water partition coefficient (Wildman–Crippen LogP) is 4.92. The van der Waals surface area contributed by atoms with Crippen LogP contribution in [0.5, 0.6) is 11.5 Å². The number of amides is 1. The van der Waals surface area contributed by atoms with E-state index in [-0.39, 0.29) is 18.5 Å².